The first-order valence-corrected chi connectivity index (χ1v) is 10.2. The zero-order chi connectivity index (χ0) is 20.3. The van der Waals surface area contributed by atoms with E-state index in [1.807, 2.05) is 42.7 Å². The molecule has 1 aromatic carbocycles. The molecule has 0 saturated carbocycles. The molecule has 0 spiro atoms. The molecule has 0 bridgehead atoms. The van der Waals surface area contributed by atoms with Crippen molar-refractivity contribution in [3.05, 3.63) is 55.2 Å². The van der Waals surface area contributed by atoms with Crippen LogP contribution in [-0.2, 0) is 4.79 Å². The lowest BCUT2D eigenvalue weighted by Gasteiger charge is -2.34. The largest absolute Gasteiger partial charge is 0.376 e. The van der Waals surface area contributed by atoms with Gasteiger partial charge in [0.1, 0.15) is 17.8 Å². The van der Waals surface area contributed by atoms with Gasteiger partial charge in [-0.2, -0.15) is 0 Å². The van der Waals surface area contributed by atoms with E-state index >= 15 is 0 Å². The first kappa shape index (κ1) is 18.4. The van der Waals surface area contributed by atoms with Crippen LogP contribution in [-0.4, -0.2) is 51.5 Å². The summed E-state index contributed by atoms with van der Waals surface area (Å²) in [5.74, 6) is 0.902. The van der Waals surface area contributed by atoms with Crippen molar-refractivity contribution < 1.29 is 4.79 Å². The molecular formula is C22H23N7O. The first-order valence-electron chi connectivity index (χ1n) is 10.2. The van der Waals surface area contributed by atoms with E-state index < -0.39 is 0 Å². The molecule has 152 valence electrons. The summed E-state index contributed by atoms with van der Waals surface area (Å²) in [6, 6.07) is 10.0. The lowest BCUT2D eigenvalue weighted by atomic mass is 10.1. The minimum absolute atomic E-state index is 0.0165. The normalized spacial score (nSPS) is 16.7. The quantitative estimate of drug-likeness (QED) is 0.476. The summed E-state index contributed by atoms with van der Waals surface area (Å²) in [5.41, 5.74) is 1.75. The number of fused-ring (bicyclic) bond motifs is 2. The summed E-state index contributed by atoms with van der Waals surface area (Å²) in [6.07, 6.45) is 9.01. The molecule has 0 radical (unpaired) electrons. The number of anilines is 2. The molecule has 1 unspecified atom stereocenters. The maximum Gasteiger partial charge on any atom is 0.239 e. The smallest absolute Gasteiger partial charge is 0.239 e. The number of nitrogens with one attached hydrogen (secondary N) is 3. The second-order valence-electron chi connectivity index (χ2n) is 7.55. The van der Waals surface area contributed by atoms with Crippen molar-refractivity contribution in [3.63, 3.8) is 0 Å². The lowest BCUT2D eigenvalue weighted by molar-refractivity contribution is -0.120. The Morgan fingerprint density at radius 1 is 1.20 bits per heavy atom. The summed E-state index contributed by atoms with van der Waals surface area (Å²) >= 11 is 0. The Hall–Kier alpha value is -3.68. The van der Waals surface area contributed by atoms with Crippen molar-refractivity contribution in [2.75, 3.05) is 29.9 Å². The van der Waals surface area contributed by atoms with E-state index in [-0.39, 0.29) is 18.5 Å². The van der Waals surface area contributed by atoms with Crippen LogP contribution in [0.3, 0.4) is 0 Å². The molecule has 3 aromatic heterocycles. The average molecular weight is 401 g/mol. The van der Waals surface area contributed by atoms with Gasteiger partial charge in [0, 0.05) is 48.8 Å². The first-order chi connectivity index (χ1) is 14.8. The molecule has 5 rings (SSSR count). The monoisotopic (exact) mass is 401 g/mol. The predicted molar refractivity (Wildman–Crippen MR) is 117 cm³/mol. The number of H-pyrrole nitrogens is 1. The molecule has 4 aromatic rings. The van der Waals surface area contributed by atoms with E-state index in [9.17, 15) is 4.79 Å². The molecule has 1 saturated heterocycles. The van der Waals surface area contributed by atoms with Gasteiger partial charge in [-0.25, -0.2) is 9.97 Å². The van der Waals surface area contributed by atoms with Crippen LogP contribution in [0.2, 0.25) is 0 Å². The molecule has 4 heterocycles. The van der Waals surface area contributed by atoms with Crippen LogP contribution in [0, 0.1) is 0 Å². The standard InChI is InChI=1S/C22H23N7O/c30-20(12-25-19-5-1-3-15-6-8-23-11-18(15)19)28-16-4-2-10-29(13-16)22-17-7-9-24-21(17)26-14-27-22/h1,3,5-9,11,14,16,25H,2,4,10,12-13H2,(H,28,30)(H,24,26,27). The van der Waals surface area contributed by atoms with Gasteiger partial charge in [0.2, 0.25) is 5.91 Å². The fourth-order valence-electron chi connectivity index (χ4n) is 4.12. The van der Waals surface area contributed by atoms with Gasteiger partial charge >= 0.3 is 0 Å². The van der Waals surface area contributed by atoms with Gasteiger partial charge in [-0.3, -0.25) is 9.78 Å². The Labute approximate surface area is 173 Å². The third-order valence-electron chi connectivity index (χ3n) is 5.54. The Bertz CT molecular complexity index is 1180. The van der Waals surface area contributed by atoms with Crippen LogP contribution in [0.4, 0.5) is 11.5 Å². The molecule has 1 fully saturated rings. The van der Waals surface area contributed by atoms with Gasteiger partial charge in [0.15, 0.2) is 0 Å². The number of aromatic nitrogens is 4. The Kier molecular flexibility index (Phi) is 4.88. The number of pyridine rings is 1. The van der Waals surface area contributed by atoms with Gasteiger partial charge in [0.05, 0.1) is 11.9 Å². The summed E-state index contributed by atoms with van der Waals surface area (Å²) in [5, 5.41) is 9.54. The van der Waals surface area contributed by atoms with Crippen molar-refractivity contribution in [1.29, 1.82) is 0 Å². The van der Waals surface area contributed by atoms with E-state index in [1.165, 1.54) is 0 Å². The van der Waals surface area contributed by atoms with Crippen LogP contribution >= 0.6 is 0 Å². The highest BCUT2D eigenvalue weighted by Crippen LogP contribution is 2.25. The fourth-order valence-corrected chi connectivity index (χ4v) is 4.12. The number of hydrogen-bond acceptors (Lipinski definition) is 6. The van der Waals surface area contributed by atoms with Gasteiger partial charge < -0.3 is 20.5 Å². The number of rotatable bonds is 5. The third-order valence-corrected chi connectivity index (χ3v) is 5.54. The average Bonchev–Trinajstić information content (AvgIpc) is 3.27. The fraction of sp³-hybridized carbons (Fsp3) is 0.273. The maximum absolute atomic E-state index is 12.6. The van der Waals surface area contributed by atoms with E-state index in [0.717, 1.165) is 59.2 Å². The van der Waals surface area contributed by atoms with Crippen molar-refractivity contribution >= 4 is 39.2 Å². The van der Waals surface area contributed by atoms with E-state index in [4.69, 9.17) is 0 Å². The van der Waals surface area contributed by atoms with Crippen LogP contribution in [0.5, 0.6) is 0 Å². The van der Waals surface area contributed by atoms with Crippen LogP contribution in [0.1, 0.15) is 12.8 Å². The van der Waals surface area contributed by atoms with Crippen LogP contribution < -0.4 is 15.5 Å². The molecule has 8 heteroatoms. The second kappa shape index (κ2) is 7.98. The number of nitrogens with zero attached hydrogens (tertiary/aromatic N) is 4. The van der Waals surface area contributed by atoms with E-state index in [1.54, 1.807) is 12.5 Å². The molecule has 3 N–H and O–H groups in total. The summed E-state index contributed by atoms with van der Waals surface area (Å²) in [6.45, 7) is 1.88. The summed E-state index contributed by atoms with van der Waals surface area (Å²) in [4.78, 5) is 30.9. The molecule has 1 aliphatic heterocycles. The molecule has 1 amide bonds. The van der Waals surface area contributed by atoms with Crippen molar-refractivity contribution in [3.8, 4) is 0 Å². The van der Waals surface area contributed by atoms with E-state index in [2.05, 4.69) is 35.5 Å². The number of benzene rings is 1. The Morgan fingerprint density at radius 2 is 2.17 bits per heavy atom. The zero-order valence-corrected chi connectivity index (χ0v) is 16.5. The van der Waals surface area contributed by atoms with Crippen molar-refractivity contribution in [2.45, 2.75) is 18.9 Å². The third kappa shape index (κ3) is 3.63. The SMILES string of the molecule is O=C(CNc1cccc2ccncc12)NC1CCCN(c2ncnc3[nH]ccc23)C1. The van der Waals surface area contributed by atoms with Crippen molar-refractivity contribution in [1.82, 2.24) is 25.3 Å². The summed E-state index contributed by atoms with van der Waals surface area (Å²) < 4.78 is 0. The molecule has 8 nitrogen and oxygen atoms in total. The van der Waals surface area contributed by atoms with Crippen LogP contribution in [0.15, 0.2) is 55.2 Å². The molecule has 0 aliphatic carbocycles. The highest BCUT2D eigenvalue weighted by molar-refractivity contribution is 5.94. The van der Waals surface area contributed by atoms with Gasteiger partial charge in [-0.15, -0.1) is 0 Å². The second-order valence-corrected chi connectivity index (χ2v) is 7.55. The lowest BCUT2D eigenvalue weighted by Crippen LogP contribution is -2.49. The van der Waals surface area contributed by atoms with Gasteiger partial charge in [-0.1, -0.05) is 12.1 Å². The Morgan fingerprint density at radius 3 is 3.13 bits per heavy atom. The number of hydrogen-bond donors (Lipinski definition) is 3. The van der Waals surface area contributed by atoms with Gasteiger partial charge in [0.25, 0.3) is 0 Å². The highest BCUT2D eigenvalue weighted by Gasteiger charge is 2.23. The van der Waals surface area contributed by atoms with Crippen molar-refractivity contribution in [2.24, 2.45) is 0 Å². The van der Waals surface area contributed by atoms with Crippen LogP contribution in [0.25, 0.3) is 21.8 Å². The molecule has 30 heavy (non-hydrogen) atoms. The number of piperidine rings is 1. The topological polar surface area (TPSA) is 98.8 Å². The molecule has 1 aliphatic rings. The molecular weight excluding hydrogens is 378 g/mol. The number of carbonyl (C=O) groups is 1. The van der Waals surface area contributed by atoms with E-state index in [0.29, 0.717) is 0 Å². The Balaban J connectivity index is 1.22. The van der Waals surface area contributed by atoms with Gasteiger partial charge in [-0.05, 0) is 36.4 Å². The minimum atomic E-state index is -0.0165. The highest BCUT2D eigenvalue weighted by atomic mass is 16.2. The minimum Gasteiger partial charge on any atom is -0.376 e. The maximum atomic E-state index is 12.6. The number of carbonyl (C=O) groups excluding carboxylic acids is 1. The molecule has 1 atom stereocenters. The summed E-state index contributed by atoms with van der Waals surface area (Å²) in [7, 11) is 0. The zero-order valence-electron chi connectivity index (χ0n) is 16.5. The number of aromatic amines is 1. The predicted octanol–water partition coefficient (Wildman–Crippen LogP) is 2.70. The number of amides is 1.